The van der Waals surface area contributed by atoms with Gasteiger partial charge in [-0.25, -0.2) is 9.10 Å². The summed E-state index contributed by atoms with van der Waals surface area (Å²) < 4.78 is 7.90. The van der Waals surface area contributed by atoms with Crippen molar-refractivity contribution in [1.29, 1.82) is 0 Å². The van der Waals surface area contributed by atoms with Crippen LogP contribution in [0.15, 0.2) is 41.6 Å². The number of pyridine rings is 1. The van der Waals surface area contributed by atoms with Crippen LogP contribution in [0.3, 0.4) is 0 Å². The molecule has 2 heterocycles. The maximum Gasteiger partial charge on any atom is 0.410 e. The minimum atomic E-state index is -0.438. The molecule has 0 saturated carbocycles. The molecule has 0 N–H and O–H groups in total. The molecule has 140 valence electrons. The third-order valence-corrected chi connectivity index (χ3v) is 5.26. The highest BCUT2D eigenvalue weighted by atomic mass is 32.2. The number of hydrogen-bond donors (Lipinski definition) is 0. The fourth-order valence-electron chi connectivity index (χ4n) is 2.97. The monoisotopic (exact) mass is 373 g/mol. The van der Waals surface area contributed by atoms with E-state index < -0.39 is 5.60 Å². The molecular formula is C20H27N3O2S. The van der Waals surface area contributed by atoms with Crippen LogP contribution in [0.4, 0.5) is 4.79 Å². The molecule has 0 bridgehead atoms. The number of rotatable bonds is 2. The van der Waals surface area contributed by atoms with Gasteiger partial charge in [0.1, 0.15) is 5.60 Å². The molecular weight excluding hydrogens is 346 g/mol. The number of aromatic nitrogens is 1. The number of carbonyl (C=O) groups is 1. The Labute approximate surface area is 159 Å². The van der Waals surface area contributed by atoms with Crippen LogP contribution in [0, 0.1) is 0 Å². The second kappa shape index (κ2) is 8.27. The summed E-state index contributed by atoms with van der Waals surface area (Å²) in [5.74, 6) is 0. The summed E-state index contributed by atoms with van der Waals surface area (Å²) in [6.45, 7) is 9.13. The van der Waals surface area contributed by atoms with Crippen LogP contribution in [-0.4, -0.2) is 52.1 Å². The second-order valence-electron chi connectivity index (χ2n) is 7.58. The molecule has 26 heavy (non-hydrogen) atoms. The van der Waals surface area contributed by atoms with Crippen molar-refractivity contribution in [3.63, 3.8) is 0 Å². The summed E-state index contributed by atoms with van der Waals surface area (Å²) in [6, 6.07) is 8.54. The number of hydrogen-bond acceptors (Lipinski definition) is 5. The Bertz CT molecular complexity index is 750. The summed E-state index contributed by atoms with van der Waals surface area (Å²) >= 11 is 1.80. The number of nitrogens with zero attached hydrogens (tertiary/aromatic N) is 3. The van der Waals surface area contributed by atoms with Crippen LogP contribution in [-0.2, 0) is 4.74 Å². The van der Waals surface area contributed by atoms with Crippen molar-refractivity contribution in [2.24, 2.45) is 0 Å². The van der Waals surface area contributed by atoms with Gasteiger partial charge in [-0.1, -0.05) is 6.07 Å². The number of amides is 1. The van der Waals surface area contributed by atoms with Crippen molar-refractivity contribution >= 4 is 28.8 Å². The van der Waals surface area contributed by atoms with E-state index in [0.29, 0.717) is 0 Å². The topological polar surface area (TPSA) is 45.7 Å². The van der Waals surface area contributed by atoms with Crippen molar-refractivity contribution in [3.05, 3.63) is 36.7 Å². The lowest BCUT2D eigenvalue weighted by Crippen LogP contribution is -2.41. The zero-order chi connectivity index (χ0) is 18.6. The lowest BCUT2D eigenvalue weighted by molar-refractivity contribution is 0.0232. The summed E-state index contributed by atoms with van der Waals surface area (Å²) in [7, 11) is 0. The van der Waals surface area contributed by atoms with Crippen LogP contribution in [0.1, 0.15) is 33.6 Å². The largest absolute Gasteiger partial charge is 0.444 e. The lowest BCUT2D eigenvalue weighted by atomic mass is 10.2. The van der Waals surface area contributed by atoms with Crippen molar-refractivity contribution < 1.29 is 9.53 Å². The minimum absolute atomic E-state index is 0.193. The van der Waals surface area contributed by atoms with E-state index in [2.05, 4.69) is 27.5 Å². The Morgan fingerprint density at radius 2 is 1.81 bits per heavy atom. The maximum atomic E-state index is 12.3. The molecule has 0 aliphatic carbocycles. The predicted octanol–water partition coefficient (Wildman–Crippen LogP) is 4.57. The maximum absolute atomic E-state index is 12.3. The van der Waals surface area contributed by atoms with Crippen LogP contribution < -0.4 is 0 Å². The Morgan fingerprint density at radius 3 is 2.50 bits per heavy atom. The molecule has 0 spiro atoms. The zero-order valence-corrected chi connectivity index (χ0v) is 16.6. The van der Waals surface area contributed by atoms with Crippen LogP contribution in [0.2, 0.25) is 0 Å². The fourth-order valence-corrected chi connectivity index (χ4v) is 4.01. The van der Waals surface area contributed by atoms with E-state index in [1.54, 1.807) is 11.9 Å². The van der Waals surface area contributed by atoms with Gasteiger partial charge in [-0.15, -0.1) is 0 Å². The normalized spacial score (nSPS) is 17.0. The predicted molar refractivity (Wildman–Crippen MR) is 106 cm³/mol. The van der Waals surface area contributed by atoms with E-state index in [1.807, 2.05) is 44.1 Å². The van der Waals surface area contributed by atoms with Crippen LogP contribution >= 0.6 is 11.9 Å². The first-order valence-electron chi connectivity index (χ1n) is 9.15. The number of carbonyl (C=O) groups excluding carboxylic acids is 1. The summed E-state index contributed by atoms with van der Waals surface area (Å²) in [6.07, 6.45) is 5.43. The van der Waals surface area contributed by atoms with Gasteiger partial charge in [0.05, 0.1) is 0 Å². The quantitative estimate of drug-likeness (QED) is 0.721. The fraction of sp³-hybridized carbons (Fsp3) is 0.500. The summed E-state index contributed by atoms with van der Waals surface area (Å²) in [5.41, 5.74) is -0.438. The van der Waals surface area contributed by atoms with Gasteiger partial charge in [0.15, 0.2) is 0 Å². The lowest BCUT2D eigenvalue weighted by Gasteiger charge is -2.31. The van der Waals surface area contributed by atoms with Gasteiger partial charge < -0.3 is 9.64 Å². The second-order valence-corrected chi connectivity index (χ2v) is 8.75. The van der Waals surface area contributed by atoms with E-state index in [0.717, 1.165) is 44.4 Å². The SMILES string of the molecule is CC(C)(C)OC(=O)N1CCCN(Sc2ccc3cnccc3c2)CCC1. The number of fused-ring (bicyclic) bond motifs is 1. The molecule has 1 fully saturated rings. The Balaban J connectivity index is 1.55. The molecule has 5 nitrogen and oxygen atoms in total. The Kier molecular flexibility index (Phi) is 6.04. The standard InChI is InChI=1S/C20H27N3O2S/c1-20(2,3)25-19(24)22-10-4-12-23(13-5-11-22)26-18-7-6-17-15-21-9-8-16(17)14-18/h6-9,14-15H,4-5,10-13H2,1-3H3. The first-order valence-corrected chi connectivity index (χ1v) is 9.93. The van der Waals surface area contributed by atoms with Crippen molar-refractivity contribution in [2.75, 3.05) is 26.2 Å². The van der Waals surface area contributed by atoms with E-state index in [-0.39, 0.29) is 6.09 Å². The molecule has 0 atom stereocenters. The third kappa shape index (κ3) is 5.35. The van der Waals surface area contributed by atoms with Gasteiger partial charge in [-0.2, -0.15) is 0 Å². The smallest absolute Gasteiger partial charge is 0.410 e. The molecule has 6 heteroatoms. The van der Waals surface area contributed by atoms with Crippen molar-refractivity contribution in [1.82, 2.24) is 14.2 Å². The van der Waals surface area contributed by atoms with Gasteiger partial charge >= 0.3 is 6.09 Å². The highest BCUT2D eigenvalue weighted by molar-refractivity contribution is 7.97. The van der Waals surface area contributed by atoms with Gasteiger partial charge in [0.2, 0.25) is 0 Å². The molecule has 1 aromatic carbocycles. The molecule has 0 unspecified atom stereocenters. The van der Waals surface area contributed by atoms with E-state index in [9.17, 15) is 4.79 Å². The molecule has 1 amide bonds. The first-order chi connectivity index (χ1) is 12.4. The Hall–Kier alpha value is -1.79. The number of benzene rings is 1. The summed E-state index contributed by atoms with van der Waals surface area (Å²) in [4.78, 5) is 19.5. The van der Waals surface area contributed by atoms with Gasteiger partial charge in [-0.05, 0) is 69.1 Å². The molecule has 2 aromatic rings. The van der Waals surface area contributed by atoms with Crippen molar-refractivity contribution in [2.45, 2.75) is 44.1 Å². The zero-order valence-electron chi connectivity index (χ0n) is 15.8. The van der Waals surface area contributed by atoms with E-state index >= 15 is 0 Å². The highest BCUT2D eigenvalue weighted by Gasteiger charge is 2.23. The molecule has 1 aliphatic rings. The minimum Gasteiger partial charge on any atom is -0.444 e. The highest BCUT2D eigenvalue weighted by Crippen LogP contribution is 2.27. The van der Waals surface area contributed by atoms with Crippen molar-refractivity contribution in [3.8, 4) is 0 Å². The average molecular weight is 374 g/mol. The average Bonchev–Trinajstić information content (AvgIpc) is 2.55. The van der Waals surface area contributed by atoms with E-state index in [4.69, 9.17) is 4.74 Å². The van der Waals surface area contributed by atoms with E-state index in [1.165, 1.54) is 10.3 Å². The third-order valence-electron chi connectivity index (χ3n) is 4.17. The molecule has 0 radical (unpaired) electrons. The van der Waals surface area contributed by atoms with Crippen LogP contribution in [0.25, 0.3) is 10.8 Å². The molecule has 1 aromatic heterocycles. The van der Waals surface area contributed by atoms with Gasteiger partial charge in [-0.3, -0.25) is 4.98 Å². The molecule has 1 aliphatic heterocycles. The van der Waals surface area contributed by atoms with Gasteiger partial charge in [0.25, 0.3) is 0 Å². The van der Waals surface area contributed by atoms with Crippen LogP contribution in [0.5, 0.6) is 0 Å². The number of ether oxygens (including phenoxy) is 1. The molecule has 1 saturated heterocycles. The Morgan fingerprint density at radius 1 is 1.08 bits per heavy atom. The van der Waals surface area contributed by atoms with Gasteiger partial charge in [0, 0.05) is 48.9 Å². The molecule has 3 rings (SSSR count). The summed E-state index contributed by atoms with van der Waals surface area (Å²) in [5, 5.41) is 2.38. The first kappa shape index (κ1) is 19.0.